The van der Waals surface area contributed by atoms with Crippen LogP contribution in [-0.2, 0) is 6.54 Å². The van der Waals surface area contributed by atoms with Gasteiger partial charge in [-0.15, -0.1) is 0 Å². The molecule has 14 heavy (non-hydrogen) atoms. The lowest BCUT2D eigenvalue weighted by Crippen LogP contribution is -2.06. The molecular formula is C10H12N4. The Kier molecular flexibility index (Phi) is 2.18. The number of pyridine rings is 1. The van der Waals surface area contributed by atoms with Crippen molar-refractivity contribution in [2.45, 2.75) is 13.5 Å². The van der Waals surface area contributed by atoms with Gasteiger partial charge in [0.15, 0.2) is 0 Å². The molecule has 0 fully saturated rings. The SMILES string of the molecule is Cc1cnn(Cc2ccncc2)c1N. The zero-order valence-corrected chi connectivity index (χ0v) is 8.01. The summed E-state index contributed by atoms with van der Waals surface area (Å²) in [5, 5.41) is 4.18. The van der Waals surface area contributed by atoms with Crippen LogP contribution in [0.5, 0.6) is 0 Å². The molecule has 4 heteroatoms. The Balaban J connectivity index is 2.23. The van der Waals surface area contributed by atoms with Crippen LogP contribution >= 0.6 is 0 Å². The lowest BCUT2D eigenvalue weighted by atomic mass is 10.3. The first kappa shape index (κ1) is 8.74. The third kappa shape index (κ3) is 1.59. The van der Waals surface area contributed by atoms with Gasteiger partial charge < -0.3 is 5.73 Å². The van der Waals surface area contributed by atoms with Crippen LogP contribution in [0.3, 0.4) is 0 Å². The Morgan fingerprint density at radius 1 is 1.36 bits per heavy atom. The molecule has 2 aromatic heterocycles. The summed E-state index contributed by atoms with van der Waals surface area (Å²) in [6, 6.07) is 3.91. The molecular weight excluding hydrogens is 176 g/mol. The quantitative estimate of drug-likeness (QED) is 0.770. The number of nitrogen functional groups attached to an aromatic ring is 1. The van der Waals surface area contributed by atoms with Gasteiger partial charge in [-0.1, -0.05) is 0 Å². The Labute approximate surface area is 82.4 Å². The third-order valence-corrected chi connectivity index (χ3v) is 2.15. The van der Waals surface area contributed by atoms with E-state index in [1.807, 2.05) is 19.1 Å². The van der Waals surface area contributed by atoms with Gasteiger partial charge in [0.1, 0.15) is 5.82 Å². The van der Waals surface area contributed by atoms with Crippen molar-refractivity contribution in [1.82, 2.24) is 14.8 Å². The zero-order valence-electron chi connectivity index (χ0n) is 8.01. The molecule has 0 amide bonds. The smallest absolute Gasteiger partial charge is 0.124 e. The zero-order chi connectivity index (χ0) is 9.97. The predicted octanol–water partition coefficient (Wildman–Crippen LogP) is 1.22. The van der Waals surface area contributed by atoms with Crippen molar-refractivity contribution < 1.29 is 0 Å². The number of aromatic nitrogens is 3. The topological polar surface area (TPSA) is 56.7 Å². The number of anilines is 1. The van der Waals surface area contributed by atoms with Crippen molar-refractivity contribution in [3.05, 3.63) is 41.9 Å². The lowest BCUT2D eigenvalue weighted by Gasteiger charge is -2.03. The molecule has 0 aliphatic heterocycles. The van der Waals surface area contributed by atoms with E-state index in [0.29, 0.717) is 6.54 Å². The highest BCUT2D eigenvalue weighted by molar-refractivity contribution is 5.37. The summed E-state index contributed by atoms with van der Waals surface area (Å²) in [4.78, 5) is 3.95. The molecule has 0 saturated carbocycles. The highest BCUT2D eigenvalue weighted by atomic mass is 15.3. The number of nitrogens with zero attached hydrogens (tertiary/aromatic N) is 3. The molecule has 0 spiro atoms. The number of hydrogen-bond acceptors (Lipinski definition) is 3. The van der Waals surface area contributed by atoms with Crippen LogP contribution in [0.15, 0.2) is 30.7 Å². The van der Waals surface area contributed by atoms with Crippen LogP contribution in [0.2, 0.25) is 0 Å². The second kappa shape index (κ2) is 3.49. The summed E-state index contributed by atoms with van der Waals surface area (Å²) in [6.07, 6.45) is 5.31. The fraction of sp³-hybridized carbons (Fsp3) is 0.200. The molecule has 0 aliphatic carbocycles. The van der Waals surface area contributed by atoms with E-state index in [4.69, 9.17) is 5.73 Å². The third-order valence-electron chi connectivity index (χ3n) is 2.15. The van der Waals surface area contributed by atoms with Crippen LogP contribution in [0.1, 0.15) is 11.1 Å². The van der Waals surface area contributed by atoms with Gasteiger partial charge in [0.05, 0.1) is 12.7 Å². The van der Waals surface area contributed by atoms with Gasteiger partial charge >= 0.3 is 0 Å². The van der Waals surface area contributed by atoms with Crippen LogP contribution in [0.25, 0.3) is 0 Å². The summed E-state index contributed by atoms with van der Waals surface area (Å²) in [5.74, 6) is 0.724. The van der Waals surface area contributed by atoms with Crippen LogP contribution in [0, 0.1) is 6.92 Å². The van der Waals surface area contributed by atoms with Gasteiger partial charge in [0, 0.05) is 18.0 Å². The van der Waals surface area contributed by atoms with Gasteiger partial charge in [0.2, 0.25) is 0 Å². The first-order valence-electron chi connectivity index (χ1n) is 4.44. The van der Waals surface area contributed by atoms with Crippen LogP contribution in [0.4, 0.5) is 5.82 Å². The van der Waals surface area contributed by atoms with Crippen molar-refractivity contribution in [2.75, 3.05) is 5.73 Å². The fourth-order valence-electron chi connectivity index (χ4n) is 1.28. The fourth-order valence-corrected chi connectivity index (χ4v) is 1.28. The Hall–Kier alpha value is -1.84. The van der Waals surface area contributed by atoms with E-state index in [1.165, 1.54) is 0 Å². The molecule has 0 atom stereocenters. The first-order valence-corrected chi connectivity index (χ1v) is 4.44. The summed E-state index contributed by atoms with van der Waals surface area (Å²) in [5.41, 5.74) is 8.00. The minimum atomic E-state index is 0.697. The monoisotopic (exact) mass is 188 g/mol. The second-order valence-electron chi connectivity index (χ2n) is 3.23. The summed E-state index contributed by atoms with van der Waals surface area (Å²) >= 11 is 0. The molecule has 72 valence electrons. The van der Waals surface area contributed by atoms with E-state index in [0.717, 1.165) is 16.9 Å². The maximum atomic E-state index is 5.84. The average Bonchev–Trinajstić information content (AvgIpc) is 2.52. The van der Waals surface area contributed by atoms with E-state index in [1.54, 1.807) is 23.3 Å². The highest BCUT2D eigenvalue weighted by Gasteiger charge is 2.02. The second-order valence-corrected chi connectivity index (χ2v) is 3.23. The van der Waals surface area contributed by atoms with Crippen molar-refractivity contribution in [1.29, 1.82) is 0 Å². The van der Waals surface area contributed by atoms with Gasteiger partial charge in [-0.05, 0) is 24.6 Å². The van der Waals surface area contributed by atoms with Crippen molar-refractivity contribution in [3.8, 4) is 0 Å². The minimum absolute atomic E-state index is 0.697. The van der Waals surface area contributed by atoms with E-state index in [9.17, 15) is 0 Å². The Bertz CT molecular complexity index is 419. The molecule has 2 heterocycles. The average molecular weight is 188 g/mol. The van der Waals surface area contributed by atoms with Crippen LogP contribution in [-0.4, -0.2) is 14.8 Å². The molecule has 0 aliphatic rings. The molecule has 2 aromatic rings. The molecule has 2 N–H and O–H groups in total. The molecule has 0 bridgehead atoms. The van der Waals surface area contributed by atoms with Crippen molar-refractivity contribution in [2.24, 2.45) is 0 Å². The molecule has 0 aromatic carbocycles. The molecule has 0 unspecified atom stereocenters. The number of rotatable bonds is 2. The van der Waals surface area contributed by atoms with Gasteiger partial charge in [-0.2, -0.15) is 5.10 Å². The predicted molar refractivity (Wildman–Crippen MR) is 54.7 cm³/mol. The van der Waals surface area contributed by atoms with E-state index >= 15 is 0 Å². The van der Waals surface area contributed by atoms with E-state index < -0.39 is 0 Å². The maximum absolute atomic E-state index is 5.84. The summed E-state index contributed by atoms with van der Waals surface area (Å²) in [7, 11) is 0. The summed E-state index contributed by atoms with van der Waals surface area (Å²) in [6.45, 7) is 2.65. The molecule has 4 nitrogen and oxygen atoms in total. The lowest BCUT2D eigenvalue weighted by molar-refractivity contribution is 0.696. The highest BCUT2D eigenvalue weighted by Crippen LogP contribution is 2.10. The number of aryl methyl sites for hydroxylation is 1. The normalized spacial score (nSPS) is 10.4. The summed E-state index contributed by atoms with van der Waals surface area (Å²) < 4.78 is 1.78. The maximum Gasteiger partial charge on any atom is 0.124 e. The van der Waals surface area contributed by atoms with Gasteiger partial charge in [0.25, 0.3) is 0 Å². The molecule has 2 rings (SSSR count). The van der Waals surface area contributed by atoms with E-state index in [-0.39, 0.29) is 0 Å². The first-order chi connectivity index (χ1) is 6.77. The number of hydrogen-bond donors (Lipinski definition) is 1. The van der Waals surface area contributed by atoms with Gasteiger partial charge in [-0.3, -0.25) is 4.98 Å². The van der Waals surface area contributed by atoms with Crippen molar-refractivity contribution >= 4 is 5.82 Å². The van der Waals surface area contributed by atoms with E-state index in [2.05, 4.69) is 10.1 Å². The van der Waals surface area contributed by atoms with Crippen molar-refractivity contribution in [3.63, 3.8) is 0 Å². The Morgan fingerprint density at radius 3 is 2.64 bits per heavy atom. The minimum Gasteiger partial charge on any atom is -0.384 e. The van der Waals surface area contributed by atoms with Gasteiger partial charge in [-0.25, -0.2) is 4.68 Å². The Morgan fingerprint density at radius 2 is 2.07 bits per heavy atom. The molecule has 0 saturated heterocycles. The standard InChI is InChI=1S/C10H12N4/c1-8-6-13-14(10(8)11)7-9-2-4-12-5-3-9/h2-6H,7,11H2,1H3. The van der Waals surface area contributed by atoms with Crippen LogP contribution < -0.4 is 5.73 Å². The molecule has 0 radical (unpaired) electrons. The number of nitrogens with two attached hydrogens (primary N) is 1. The largest absolute Gasteiger partial charge is 0.384 e.